The molecule has 1 fully saturated rings. The molecule has 0 heterocycles. The predicted molar refractivity (Wildman–Crippen MR) is 97.6 cm³/mol. The summed E-state index contributed by atoms with van der Waals surface area (Å²) in [5, 5.41) is 0.490. The largest absolute Gasteiger partial charge is 0.385 e. The monoisotopic (exact) mass is 328 g/mol. The van der Waals surface area contributed by atoms with E-state index in [0.717, 1.165) is 38.7 Å². The Kier molecular flexibility index (Phi) is 7.94. The van der Waals surface area contributed by atoms with E-state index in [1.54, 1.807) is 7.11 Å². The van der Waals surface area contributed by atoms with Crippen LogP contribution in [-0.2, 0) is 9.53 Å². The van der Waals surface area contributed by atoms with Gasteiger partial charge in [0.25, 0.3) is 0 Å². The quantitative estimate of drug-likeness (QED) is 0.560. The van der Waals surface area contributed by atoms with Crippen molar-refractivity contribution in [2.24, 2.45) is 11.3 Å². The summed E-state index contributed by atoms with van der Waals surface area (Å²) in [7, 11) is 1.76. The van der Waals surface area contributed by atoms with Gasteiger partial charge in [0.1, 0.15) is 5.78 Å². The third kappa shape index (κ3) is 6.62. The first kappa shape index (κ1) is 20.0. The molecule has 1 saturated carbocycles. The molecule has 0 bridgehead atoms. The zero-order chi connectivity index (χ0) is 16.8. The van der Waals surface area contributed by atoms with Crippen LogP contribution in [0.5, 0.6) is 0 Å². The summed E-state index contributed by atoms with van der Waals surface area (Å²) in [6.45, 7) is 12.2. The lowest BCUT2D eigenvalue weighted by molar-refractivity contribution is -0.124. The molecule has 0 N–H and O–H groups in total. The summed E-state index contributed by atoms with van der Waals surface area (Å²) in [6, 6.07) is 0. The standard InChI is InChI=1S/C19H36O2S/c1-7-8-9-16(20)15-14-18(2,3)11-10-17(15)22-19(4,5)12-13-21-6/h15,17H,7-14H2,1-6H3. The maximum Gasteiger partial charge on any atom is 0.137 e. The average Bonchev–Trinajstić information content (AvgIpc) is 2.44. The Morgan fingerprint density at radius 3 is 2.64 bits per heavy atom. The SMILES string of the molecule is CCCCC(=O)C1CC(C)(C)CCC1SC(C)(C)CCOC. The average molecular weight is 329 g/mol. The number of rotatable bonds is 9. The van der Waals surface area contributed by atoms with Gasteiger partial charge >= 0.3 is 0 Å². The molecule has 0 aromatic heterocycles. The fourth-order valence-electron chi connectivity index (χ4n) is 3.38. The summed E-state index contributed by atoms with van der Waals surface area (Å²) in [5.41, 5.74) is 0.320. The predicted octanol–water partition coefficient (Wildman–Crippen LogP) is 5.49. The molecule has 130 valence electrons. The Labute approximate surface area is 142 Å². The Bertz CT molecular complexity index is 349. The number of ether oxygens (including phenoxy) is 1. The smallest absolute Gasteiger partial charge is 0.137 e. The highest BCUT2D eigenvalue weighted by Crippen LogP contribution is 2.47. The third-order valence-corrected chi connectivity index (χ3v) is 6.61. The second-order valence-electron chi connectivity index (χ2n) is 8.24. The van der Waals surface area contributed by atoms with Crippen LogP contribution in [0, 0.1) is 11.3 Å². The van der Waals surface area contributed by atoms with E-state index < -0.39 is 0 Å². The topological polar surface area (TPSA) is 26.3 Å². The van der Waals surface area contributed by atoms with Crippen molar-refractivity contribution in [3.8, 4) is 0 Å². The number of ketones is 1. The molecule has 1 rings (SSSR count). The maximum atomic E-state index is 12.7. The minimum absolute atomic E-state index is 0.186. The van der Waals surface area contributed by atoms with Gasteiger partial charge in [-0.05, 0) is 37.5 Å². The van der Waals surface area contributed by atoms with Gasteiger partial charge in [-0.2, -0.15) is 11.8 Å². The fourth-order valence-corrected chi connectivity index (χ4v) is 5.05. The highest BCUT2D eigenvalue weighted by molar-refractivity contribution is 8.01. The number of hydrogen-bond donors (Lipinski definition) is 0. The van der Waals surface area contributed by atoms with E-state index in [4.69, 9.17) is 4.74 Å². The summed E-state index contributed by atoms with van der Waals surface area (Å²) < 4.78 is 5.43. The molecule has 3 heteroatoms. The van der Waals surface area contributed by atoms with Crippen LogP contribution in [0.1, 0.15) is 79.6 Å². The summed E-state index contributed by atoms with van der Waals surface area (Å²) in [6.07, 6.45) is 7.45. The molecule has 2 atom stereocenters. The molecule has 0 aromatic carbocycles. The number of Topliss-reactive ketones (excluding diaryl/α,β-unsaturated/α-hetero) is 1. The van der Waals surface area contributed by atoms with Gasteiger partial charge in [0.15, 0.2) is 0 Å². The molecule has 2 nitrogen and oxygen atoms in total. The zero-order valence-electron chi connectivity index (χ0n) is 15.5. The summed E-state index contributed by atoms with van der Waals surface area (Å²) >= 11 is 2.03. The van der Waals surface area contributed by atoms with Gasteiger partial charge in [0.05, 0.1) is 0 Å². The van der Waals surface area contributed by atoms with E-state index >= 15 is 0 Å². The molecule has 0 aliphatic heterocycles. The Hall–Kier alpha value is -0.0200. The normalized spacial score (nSPS) is 25.2. The van der Waals surface area contributed by atoms with Crippen LogP contribution < -0.4 is 0 Å². The Morgan fingerprint density at radius 1 is 1.36 bits per heavy atom. The molecule has 0 amide bonds. The highest BCUT2D eigenvalue weighted by atomic mass is 32.2. The van der Waals surface area contributed by atoms with Crippen molar-refractivity contribution in [1.29, 1.82) is 0 Å². The molecule has 0 aromatic rings. The summed E-state index contributed by atoms with van der Waals surface area (Å²) in [4.78, 5) is 12.7. The highest BCUT2D eigenvalue weighted by Gasteiger charge is 2.40. The van der Waals surface area contributed by atoms with Gasteiger partial charge in [0.2, 0.25) is 0 Å². The van der Waals surface area contributed by atoms with Crippen molar-refractivity contribution in [3.05, 3.63) is 0 Å². The zero-order valence-corrected chi connectivity index (χ0v) is 16.4. The van der Waals surface area contributed by atoms with Crippen LogP contribution in [0.25, 0.3) is 0 Å². The van der Waals surface area contributed by atoms with Crippen LogP contribution in [0.15, 0.2) is 0 Å². The van der Waals surface area contributed by atoms with Crippen LogP contribution in [0.4, 0.5) is 0 Å². The van der Waals surface area contributed by atoms with Gasteiger partial charge in [0, 0.05) is 36.1 Å². The second kappa shape index (κ2) is 8.73. The Morgan fingerprint density at radius 2 is 2.05 bits per heavy atom. The first-order chi connectivity index (χ1) is 10.2. The van der Waals surface area contributed by atoms with Gasteiger partial charge in [-0.3, -0.25) is 4.79 Å². The minimum atomic E-state index is 0.186. The lowest BCUT2D eigenvalue weighted by Crippen LogP contribution is -2.39. The lowest BCUT2D eigenvalue weighted by Gasteiger charge is -2.42. The van der Waals surface area contributed by atoms with Crippen LogP contribution in [0.3, 0.4) is 0 Å². The fraction of sp³-hybridized carbons (Fsp3) is 0.947. The third-order valence-electron chi connectivity index (χ3n) is 4.90. The molecular formula is C19H36O2S. The maximum absolute atomic E-state index is 12.7. The number of carbonyl (C=O) groups is 1. The van der Waals surface area contributed by atoms with Gasteiger partial charge in [-0.15, -0.1) is 0 Å². The lowest BCUT2D eigenvalue weighted by atomic mass is 9.70. The number of thioether (sulfide) groups is 1. The van der Waals surface area contributed by atoms with Crippen molar-refractivity contribution < 1.29 is 9.53 Å². The molecule has 0 spiro atoms. The van der Waals surface area contributed by atoms with E-state index in [1.165, 1.54) is 12.8 Å². The number of hydrogen-bond acceptors (Lipinski definition) is 3. The molecule has 1 aliphatic carbocycles. The number of unbranched alkanes of at least 4 members (excludes halogenated alkanes) is 1. The van der Waals surface area contributed by atoms with Crippen molar-refractivity contribution in [1.82, 2.24) is 0 Å². The number of carbonyl (C=O) groups excluding carboxylic acids is 1. The molecule has 1 aliphatic rings. The van der Waals surface area contributed by atoms with Crippen LogP contribution >= 0.6 is 11.8 Å². The van der Waals surface area contributed by atoms with E-state index in [9.17, 15) is 4.79 Å². The van der Waals surface area contributed by atoms with Gasteiger partial charge in [-0.25, -0.2) is 0 Å². The van der Waals surface area contributed by atoms with Crippen LogP contribution in [0.2, 0.25) is 0 Å². The van der Waals surface area contributed by atoms with E-state index in [1.807, 2.05) is 11.8 Å². The van der Waals surface area contributed by atoms with E-state index in [0.29, 0.717) is 16.4 Å². The van der Waals surface area contributed by atoms with Crippen molar-refractivity contribution in [3.63, 3.8) is 0 Å². The van der Waals surface area contributed by atoms with E-state index in [-0.39, 0.29) is 10.7 Å². The number of methoxy groups -OCH3 is 1. The first-order valence-electron chi connectivity index (χ1n) is 8.90. The molecule has 2 unspecified atom stereocenters. The van der Waals surface area contributed by atoms with Crippen molar-refractivity contribution in [2.75, 3.05) is 13.7 Å². The van der Waals surface area contributed by atoms with Gasteiger partial charge in [-0.1, -0.05) is 41.0 Å². The van der Waals surface area contributed by atoms with E-state index in [2.05, 4.69) is 34.6 Å². The molecular weight excluding hydrogens is 292 g/mol. The van der Waals surface area contributed by atoms with Gasteiger partial charge < -0.3 is 4.74 Å². The second-order valence-corrected chi connectivity index (χ2v) is 10.2. The van der Waals surface area contributed by atoms with Crippen molar-refractivity contribution >= 4 is 17.5 Å². The molecule has 0 saturated heterocycles. The first-order valence-corrected chi connectivity index (χ1v) is 9.78. The Balaban J connectivity index is 2.74. The summed E-state index contributed by atoms with van der Waals surface area (Å²) in [5.74, 6) is 0.761. The molecule has 0 radical (unpaired) electrons. The minimum Gasteiger partial charge on any atom is -0.385 e. The molecule has 22 heavy (non-hydrogen) atoms. The van der Waals surface area contributed by atoms with Crippen LogP contribution in [-0.4, -0.2) is 29.5 Å². The van der Waals surface area contributed by atoms with Crippen molar-refractivity contribution in [2.45, 2.75) is 89.6 Å².